The highest BCUT2D eigenvalue weighted by molar-refractivity contribution is 5.76. The number of nitrogens with zero attached hydrogens (tertiary/aromatic N) is 4. The van der Waals surface area contributed by atoms with Gasteiger partial charge in [0.2, 0.25) is 5.95 Å². The monoisotopic (exact) mass is 391 g/mol. The van der Waals surface area contributed by atoms with Crippen LogP contribution in [0.3, 0.4) is 0 Å². The molecule has 29 heavy (non-hydrogen) atoms. The molecule has 1 aliphatic rings. The summed E-state index contributed by atoms with van der Waals surface area (Å²) in [5, 5.41) is 4.72. The van der Waals surface area contributed by atoms with E-state index in [1.807, 2.05) is 35.2 Å². The van der Waals surface area contributed by atoms with Gasteiger partial charge in [0.05, 0.1) is 11.9 Å². The molecule has 3 N–H and O–H groups in total. The Bertz CT molecular complexity index is 1340. The van der Waals surface area contributed by atoms with Crippen molar-refractivity contribution >= 4 is 17.0 Å². The molecule has 4 aromatic rings. The van der Waals surface area contributed by atoms with Crippen LogP contribution in [0.15, 0.2) is 57.0 Å². The van der Waals surface area contributed by atoms with Crippen LogP contribution in [-0.2, 0) is 0 Å². The highest BCUT2D eigenvalue weighted by atomic mass is 16.2. The molecule has 1 atom stereocenters. The van der Waals surface area contributed by atoms with E-state index in [4.69, 9.17) is 0 Å². The second-order valence-electron chi connectivity index (χ2n) is 6.99. The van der Waals surface area contributed by atoms with Crippen LogP contribution in [0, 0.1) is 0 Å². The van der Waals surface area contributed by atoms with Crippen LogP contribution in [-0.4, -0.2) is 42.8 Å². The molecule has 1 aliphatic heterocycles. The van der Waals surface area contributed by atoms with Crippen LogP contribution in [0.25, 0.3) is 16.7 Å². The van der Waals surface area contributed by atoms with E-state index in [0.29, 0.717) is 35.8 Å². The molecular formula is C19H17N7O3. The quantitative estimate of drug-likeness (QED) is 0.465. The minimum atomic E-state index is -0.523. The van der Waals surface area contributed by atoms with E-state index < -0.39 is 11.2 Å². The van der Waals surface area contributed by atoms with Crippen molar-refractivity contribution in [1.82, 2.24) is 29.7 Å². The minimum absolute atomic E-state index is 0.0370. The smallest absolute Gasteiger partial charge is 0.325 e. The van der Waals surface area contributed by atoms with Crippen LogP contribution in [0.2, 0.25) is 0 Å². The van der Waals surface area contributed by atoms with E-state index in [-0.39, 0.29) is 11.5 Å². The van der Waals surface area contributed by atoms with Gasteiger partial charge in [-0.15, -0.1) is 0 Å². The SMILES string of the molecule is O=c1cc(C2CCN(c3nc4c(cnn4-c4ccccc4)c(=O)[nH]3)C2)[nH]c(=O)[nH]1. The first kappa shape index (κ1) is 17.2. The summed E-state index contributed by atoms with van der Waals surface area (Å²) in [5.74, 6) is 0.403. The standard InChI is InChI=1S/C19H17N7O3/c27-15-8-14(21-19(29)22-15)11-6-7-25(10-11)18-23-16-13(17(28)24-18)9-20-26(16)12-4-2-1-3-5-12/h1-5,8-9,11H,6-7,10H2,(H,23,24,28)(H2,21,22,27,29). The molecule has 4 heterocycles. The Labute approximate surface area is 162 Å². The summed E-state index contributed by atoms with van der Waals surface area (Å²) in [7, 11) is 0. The Balaban J connectivity index is 1.52. The summed E-state index contributed by atoms with van der Waals surface area (Å²) in [4.78, 5) is 50.0. The zero-order valence-electron chi connectivity index (χ0n) is 15.3. The molecule has 1 aromatic carbocycles. The lowest BCUT2D eigenvalue weighted by atomic mass is 10.1. The van der Waals surface area contributed by atoms with Gasteiger partial charge in [-0.05, 0) is 18.6 Å². The van der Waals surface area contributed by atoms with Crippen molar-refractivity contribution in [1.29, 1.82) is 0 Å². The minimum Gasteiger partial charge on any atom is -0.342 e. The van der Waals surface area contributed by atoms with Gasteiger partial charge in [-0.3, -0.25) is 19.6 Å². The molecule has 146 valence electrons. The Morgan fingerprint density at radius 3 is 2.66 bits per heavy atom. The number of aromatic nitrogens is 6. The second-order valence-corrected chi connectivity index (χ2v) is 6.99. The Hall–Kier alpha value is -3.95. The predicted octanol–water partition coefficient (Wildman–Crippen LogP) is 0.479. The average Bonchev–Trinajstić information content (AvgIpc) is 3.36. The average molecular weight is 391 g/mol. The molecule has 0 spiro atoms. The molecule has 1 saturated heterocycles. The normalized spacial score (nSPS) is 16.6. The molecular weight excluding hydrogens is 374 g/mol. The lowest BCUT2D eigenvalue weighted by molar-refractivity contribution is 0.727. The summed E-state index contributed by atoms with van der Waals surface area (Å²) in [6, 6.07) is 10.9. The number of anilines is 1. The number of hydrogen-bond acceptors (Lipinski definition) is 6. The topological polar surface area (TPSA) is 133 Å². The van der Waals surface area contributed by atoms with Gasteiger partial charge in [-0.1, -0.05) is 18.2 Å². The third-order valence-electron chi connectivity index (χ3n) is 5.14. The number of benzene rings is 1. The molecule has 0 amide bonds. The Morgan fingerprint density at radius 1 is 1.03 bits per heavy atom. The number of H-pyrrole nitrogens is 3. The zero-order valence-corrected chi connectivity index (χ0v) is 15.3. The number of aromatic amines is 3. The Kier molecular flexibility index (Phi) is 3.90. The van der Waals surface area contributed by atoms with Crippen molar-refractivity contribution in [3.8, 4) is 5.69 Å². The largest absolute Gasteiger partial charge is 0.342 e. The first-order valence-corrected chi connectivity index (χ1v) is 9.20. The molecule has 0 radical (unpaired) electrons. The fraction of sp³-hybridized carbons (Fsp3) is 0.211. The van der Waals surface area contributed by atoms with Crippen LogP contribution < -0.4 is 21.7 Å². The predicted molar refractivity (Wildman–Crippen MR) is 107 cm³/mol. The molecule has 1 unspecified atom stereocenters. The molecule has 0 saturated carbocycles. The molecule has 0 aliphatic carbocycles. The van der Waals surface area contributed by atoms with Gasteiger partial charge in [0.1, 0.15) is 5.39 Å². The molecule has 10 nitrogen and oxygen atoms in total. The van der Waals surface area contributed by atoms with Crippen LogP contribution >= 0.6 is 0 Å². The van der Waals surface area contributed by atoms with E-state index in [1.165, 1.54) is 12.3 Å². The van der Waals surface area contributed by atoms with Crippen molar-refractivity contribution < 1.29 is 0 Å². The fourth-order valence-corrected chi connectivity index (χ4v) is 3.73. The van der Waals surface area contributed by atoms with Gasteiger partial charge >= 0.3 is 5.69 Å². The summed E-state index contributed by atoms with van der Waals surface area (Å²) < 4.78 is 1.63. The van der Waals surface area contributed by atoms with E-state index in [1.54, 1.807) is 4.68 Å². The Morgan fingerprint density at radius 2 is 1.86 bits per heavy atom. The first-order valence-electron chi connectivity index (χ1n) is 9.20. The summed E-state index contributed by atoms with van der Waals surface area (Å²) in [5.41, 5.74) is 0.654. The third kappa shape index (κ3) is 3.04. The third-order valence-corrected chi connectivity index (χ3v) is 5.14. The molecule has 10 heteroatoms. The van der Waals surface area contributed by atoms with Gasteiger partial charge in [-0.2, -0.15) is 10.1 Å². The maximum atomic E-state index is 12.6. The molecule has 0 bridgehead atoms. The molecule has 5 rings (SSSR count). The lowest BCUT2D eigenvalue weighted by Crippen LogP contribution is -2.27. The highest BCUT2D eigenvalue weighted by Gasteiger charge is 2.27. The number of nitrogens with one attached hydrogen (secondary N) is 3. The second kappa shape index (κ2) is 6.59. The van der Waals surface area contributed by atoms with Crippen molar-refractivity contribution in [2.45, 2.75) is 12.3 Å². The molecule has 1 fully saturated rings. The first-order chi connectivity index (χ1) is 14.1. The maximum Gasteiger partial charge on any atom is 0.325 e. The van der Waals surface area contributed by atoms with Crippen LogP contribution in [0.4, 0.5) is 5.95 Å². The van der Waals surface area contributed by atoms with Gasteiger partial charge < -0.3 is 9.88 Å². The summed E-state index contributed by atoms with van der Waals surface area (Å²) >= 11 is 0. The maximum absolute atomic E-state index is 12.6. The van der Waals surface area contributed by atoms with E-state index in [9.17, 15) is 14.4 Å². The number of rotatable bonds is 3. The zero-order chi connectivity index (χ0) is 20.0. The van der Waals surface area contributed by atoms with E-state index >= 15 is 0 Å². The molecule has 3 aromatic heterocycles. The summed E-state index contributed by atoms with van der Waals surface area (Å²) in [6.07, 6.45) is 2.23. The number of hydrogen-bond donors (Lipinski definition) is 3. The van der Waals surface area contributed by atoms with E-state index in [2.05, 4.69) is 25.0 Å². The van der Waals surface area contributed by atoms with E-state index in [0.717, 1.165) is 12.1 Å². The number of para-hydroxylation sites is 1. The van der Waals surface area contributed by atoms with Crippen molar-refractivity contribution in [2.75, 3.05) is 18.0 Å². The van der Waals surface area contributed by atoms with Crippen molar-refractivity contribution in [3.63, 3.8) is 0 Å². The van der Waals surface area contributed by atoms with Crippen molar-refractivity contribution in [2.24, 2.45) is 0 Å². The summed E-state index contributed by atoms with van der Waals surface area (Å²) in [6.45, 7) is 1.15. The van der Waals surface area contributed by atoms with Gasteiger partial charge in [0.15, 0.2) is 5.65 Å². The van der Waals surface area contributed by atoms with Crippen LogP contribution in [0.1, 0.15) is 18.0 Å². The van der Waals surface area contributed by atoms with Gasteiger partial charge in [0.25, 0.3) is 11.1 Å². The van der Waals surface area contributed by atoms with Crippen molar-refractivity contribution in [3.05, 3.63) is 79.5 Å². The lowest BCUT2D eigenvalue weighted by Gasteiger charge is -2.17. The highest BCUT2D eigenvalue weighted by Crippen LogP contribution is 2.27. The fourth-order valence-electron chi connectivity index (χ4n) is 3.73. The van der Waals surface area contributed by atoms with Gasteiger partial charge in [-0.25, -0.2) is 9.48 Å². The van der Waals surface area contributed by atoms with Crippen LogP contribution in [0.5, 0.6) is 0 Å². The number of fused-ring (bicyclic) bond motifs is 1. The van der Waals surface area contributed by atoms with Gasteiger partial charge in [0, 0.05) is 30.8 Å².